The zero-order chi connectivity index (χ0) is 16.4. The molecule has 2 N–H and O–H groups in total. The number of hydrogen-bond donors (Lipinski definition) is 1. The summed E-state index contributed by atoms with van der Waals surface area (Å²) >= 11 is 0. The van der Waals surface area contributed by atoms with Gasteiger partial charge in [0.25, 0.3) is 0 Å². The van der Waals surface area contributed by atoms with Crippen LogP contribution >= 0.6 is 0 Å². The van der Waals surface area contributed by atoms with E-state index >= 15 is 0 Å². The van der Waals surface area contributed by atoms with E-state index in [1.54, 1.807) is 0 Å². The standard InChI is InChI=1S/C20H30N2O/c1-14-8-10-16(11-9-14)20-15(2)5-4-12-22(20)19(23)13-17-6-3-7-18(17)21/h8-11,15,17-18,20H,3-7,12-13,21H2,1-2H3/t15?,17-,18+,20?/m0/s1. The maximum Gasteiger partial charge on any atom is 0.223 e. The van der Waals surface area contributed by atoms with Gasteiger partial charge in [-0.2, -0.15) is 0 Å². The van der Waals surface area contributed by atoms with Crippen LogP contribution in [0, 0.1) is 18.8 Å². The first-order valence-electron chi connectivity index (χ1n) is 9.18. The minimum atomic E-state index is 0.221. The molecule has 0 bridgehead atoms. The van der Waals surface area contributed by atoms with Crippen LogP contribution in [0.5, 0.6) is 0 Å². The first kappa shape index (κ1) is 16.5. The summed E-state index contributed by atoms with van der Waals surface area (Å²) in [6.45, 7) is 5.29. The second-order valence-electron chi connectivity index (χ2n) is 7.62. The molecule has 1 saturated carbocycles. The van der Waals surface area contributed by atoms with Crippen LogP contribution in [0.3, 0.4) is 0 Å². The Morgan fingerprint density at radius 3 is 2.57 bits per heavy atom. The number of piperidine rings is 1. The molecule has 23 heavy (non-hydrogen) atoms. The average molecular weight is 314 g/mol. The van der Waals surface area contributed by atoms with Gasteiger partial charge in [0.2, 0.25) is 5.91 Å². The molecule has 1 aliphatic carbocycles. The van der Waals surface area contributed by atoms with Gasteiger partial charge in [-0.3, -0.25) is 4.79 Å². The van der Waals surface area contributed by atoms with Crippen LogP contribution < -0.4 is 5.73 Å². The molecule has 1 aromatic rings. The molecular formula is C20H30N2O. The number of aryl methyl sites for hydroxylation is 1. The van der Waals surface area contributed by atoms with Gasteiger partial charge >= 0.3 is 0 Å². The average Bonchev–Trinajstić information content (AvgIpc) is 2.93. The van der Waals surface area contributed by atoms with Crippen LogP contribution in [0.25, 0.3) is 0 Å². The number of carbonyl (C=O) groups excluding carboxylic acids is 1. The van der Waals surface area contributed by atoms with E-state index in [0.717, 1.165) is 25.8 Å². The molecular weight excluding hydrogens is 284 g/mol. The Morgan fingerprint density at radius 2 is 1.91 bits per heavy atom. The molecule has 0 aromatic heterocycles. The molecule has 126 valence electrons. The largest absolute Gasteiger partial charge is 0.335 e. The lowest BCUT2D eigenvalue weighted by molar-refractivity contribution is -0.137. The van der Waals surface area contributed by atoms with Crippen molar-refractivity contribution in [3.63, 3.8) is 0 Å². The van der Waals surface area contributed by atoms with E-state index in [1.165, 1.54) is 24.0 Å². The fraction of sp³-hybridized carbons (Fsp3) is 0.650. The van der Waals surface area contributed by atoms with Gasteiger partial charge in [-0.1, -0.05) is 43.2 Å². The number of nitrogens with zero attached hydrogens (tertiary/aromatic N) is 1. The fourth-order valence-corrected chi connectivity index (χ4v) is 4.40. The summed E-state index contributed by atoms with van der Waals surface area (Å²) in [5, 5.41) is 0. The van der Waals surface area contributed by atoms with Gasteiger partial charge < -0.3 is 10.6 Å². The number of hydrogen-bond acceptors (Lipinski definition) is 2. The van der Waals surface area contributed by atoms with Crippen molar-refractivity contribution in [1.82, 2.24) is 4.90 Å². The lowest BCUT2D eigenvalue weighted by atomic mass is 9.85. The van der Waals surface area contributed by atoms with Gasteiger partial charge in [-0.05, 0) is 50.0 Å². The molecule has 1 heterocycles. The van der Waals surface area contributed by atoms with Crippen LogP contribution in [-0.4, -0.2) is 23.4 Å². The van der Waals surface area contributed by atoms with E-state index < -0.39 is 0 Å². The highest BCUT2D eigenvalue weighted by molar-refractivity contribution is 5.77. The number of nitrogens with two attached hydrogens (primary N) is 1. The quantitative estimate of drug-likeness (QED) is 0.922. The summed E-state index contributed by atoms with van der Waals surface area (Å²) in [6.07, 6.45) is 6.33. The topological polar surface area (TPSA) is 46.3 Å². The highest BCUT2D eigenvalue weighted by atomic mass is 16.2. The van der Waals surface area contributed by atoms with E-state index in [2.05, 4.69) is 43.0 Å². The number of amides is 1. The van der Waals surface area contributed by atoms with E-state index in [1.807, 2.05) is 0 Å². The Morgan fingerprint density at radius 1 is 1.17 bits per heavy atom. The number of benzene rings is 1. The van der Waals surface area contributed by atoms with E-state index in [9.17, 15) is 4.79 Å². The molecule has 1 saturated heterocycles. The van der Waals surface area contributed by atoms with Crippen molar-refractivity contribution in [2.24, 2.45) is 17.6 Å². The first-order valence-corrected chi connectivity index (χ1v) is 9.18. The van der Waals surface area contributed by atoms with Crippen molar-refractivity contribution in [2.75, 3.05) is 6.54 Å². The first-order chi connectivity index (χ1) is 11.1. The number of carbonyl (C=O) groups is 1. The van der Waals surface area contributed by atoms with E-state index in [4.69, 9.17) is 5.73 Å². The smallest absolute Gasteiger partial charge is 0.223 e. The molecule has 4 atom stereocenters. The summed E-state index contributed by atoms with van der Waals surface area (Å²) in [5.41, 5.74) is 8.73. The van der Waals surface area contributed by atoms with Gasteiger partial charge in [0.15, 0.2) is 0 Å². The van der Waals surface area contributed by atoms with Crippen molar-refractivity contribution < 1.29 is 4.79 Å². The summed E-state index contributed by atoms with van der Waals surface area (Å²) in [6, 6.07) is 9.17. The summed E-state index contributed by atoms with van der Waals surface area (Å²) in [7, 11) is 0. The van der Waals surface area contributed by atoms with E-state index in [-0.39, 0.29) is 12.1 Å². The molecule has 1 aliphatic heterocycles. The Kier molecular flexibility index (Phi) is 5.05. The molecule has 2 aliphatic rings. The fourth-order valence-electron chi connectivity index (χ4n) is 4.40. The molecule has 0 spiro atoms. The number of likely N-dealkylation sites (tertiary alicyclic amines) is 1. The van der Waals surface area contributed by atoms with Crippen LogP contribution in [-0.2, 0) is 4.79 Å². The monoisotopic (exact) mass is 314 g/mol. The highest BCUT2D eigenvalue weighted by Crippen LogP contribution is 2.37. The molecule has 1 aromatic carbocycles. The van der Waals surface area contributed by atoms with Gasteiger partial charge in [0.1, 0.15) is 0 Å². The summed E-state index contributed by atoms with van der Waals surface area (Å²) in [4.78, 5) is 15.1. The van der Waals surface area contributed by atoms with Crippen molar-refractivity contribution in [3.05, 3.63) is 35.4 Å². The van der Waals surface area contributed by atoms with Crippen LogP contribution in [0.15, 0.2) is 24.3 Å². The normalized spacial score (nSPS) is 31.3. The Balaban J connectivity index is 1.77. The van der Waals surface area contributed by atoms with Gasteiger partial charge in [-0.15, -0.1) is 0 Å². The molecule has 1 amide bonds. The number of rotatable bonds is 3. The zero-order valence-electron chi connectivity index (χ0n) is 14.5. The second-order valence-corrected chi connectivity index (χ2v) is 7.62. The van der Waals surface area contributed by atoms with Crippen molar-refractivity contribution in [2.45, 2.75) is 64.5 Å². The Labute approximate surface area is 140 Å². The minimum Gasteiger partial charge on any atom is -0.335 e. The van der Waals surface area contributed by atoms with Gasteiger partial charge in [0, 0.05) is 19.0 Å². The zero-order valence-corrected chi connectivity index (χ0v) is 14.5. The lowest BCUT2D eigenvalue weighted by Gasteiger charge is -2.41. The molecule has 3 nitrogen and oxygen atoms in total. The minimum absolute atomic E-state index is 0.221. The maximum atomic E-state index is 13.0. The third-order valence-corrected chi connectivity index (χ3v) is 5.83. The third kappa shape index (κ3) is 3.60. The molecule has 3 rings (SSSR count). The van der Waals surface area contributed by atoms with Crippen LogP contribution in [0.1, 0.15) is 62.6 Å². The van der Waals surface area contributed by atoms with Gasteiger partial charge in [0.05, 0.1) is 6.04 Å². The van der Waals surface area contributed by atoms with Crippen molar-refractivity contribution in [3.8, 4) is 0 Å². The second kappa shape index (κ2) is 7.04. The molecule has 2 fully saturated rings. The summed E-state index contributed by atoms with van der Waals surface area (Å²) in [5.74, 6) is 1.22. The van der Waals surface area contributed by atoms with Gasteiger partial charge in [-0.25, -0.2) is 0 Å². The predicted molar refractivity (Wildman–Crippen MR) is 94.0 cm³/mol. The predicted octanol–water partition coefficient (Wildman–Crippen LogP) is 3.81. The van der Waals surface area contributed by atoms with Crippen LogP contribution in [0.4, 0.5) is 0 Å². The molecule has 0 radical (unpaired) electrons. The third-order valence-electron chi connectivity index (χ3n) is 5.83. The Hall–Kier alpha value is -1.35. The maximum absolute atomic E-state index is 13.0. The van der Waals surface area contributed by atoms with E-state index in [0.29, 0.717) is 24.2 Å². The lowest BCUT2D eigenvalue weighted by Crippen LogP contribution is -2.43. The molecule has 3 heteroatoms. The van der Waals surface area contributed by atoms with Crippen LogP contribution in [0.2, 0.25) is 0 Å². The molecule has 2 unspecified atom stereocenters. The Bertz CT molecular complexity index is 539. The van der Waals surface area contributed by atoms with Crippen molar-refractivity contribution in [1.29, 1.82) is 0 Å². The summed E-state index contributed by atoms with van der Waals surface area (Å²) < 4.78 is 0. The van der Waals surface area contributed by atoms with Crippen molar-refractivity contribution >= 4 is 5.91 Å². The highest BCUT2D eigenvalue weighted by Gasteiger charge is 2.35. The SMILES string of the molecule is Cc1ccc(C2C(C)CCCN2C(=O)C[C@@H]2CCC[C@H]2N)cc1.